The average Bonchev–Trinajstić information content (AvgIpc) is 3.17. The lowest BCUT2D eigenvalue weighted by Crippen LogP contribution is -2.21. The van der Waals surface area contributed by atoms with Crippen molar-refractivity contribution in [3.8, 4) is 0 Å². The maximum absolute atomic E-state index is 14.1. The number of fused-ring (bicyclic) bond motifs is 3. The number of nitrogens with one attached hydrogen (secondary N) is 3. The summed E-state index contributed by atoms with van der Waals surface area (Å²) in [5, 5.41) is 5.75. The van der Waals surface area contributed by atoms with E-state index in [-0.39, 0.29) is 33.5 Å². The van der Waals surface area contributed by atoms with Crippen LogP contribution >= 0.6 is 23.8 Å². The summed E-state index contributed by atoms with van der Waals surface area (Å²) in [6.07, 6.45) is -4.88. The van der Waals surface area contributed by atoms with E-state index in [0.29, 0.717) is 27.7 Å². The van der Waals surface area contributed by atoms with Gasteiger partial charge in [-0.15, -0.1) is 0 Å². The summed E-state index contributed by atoms with van der Waals surface area (Å²) in [6, 6.07) is 8.58. The van der Waals surface area contributed by atoms with Gasteiger partial charge in [0.05, 0.1) is 17.2 Å². The highest BCUT2D eigenvalue weighted by Crippen LogP contribution is 2.42. The second kappa shape index (κ2) is 8.93. The second-order valence-corrected chi connectivity index (χ2v) is 9.10. The summed E-state index contributed by atoms with van der Waals surface area (Å²) in [4.78, 5) is 29.0. The van der Waals surface area contributed by atoms with Crippen LogP contribution in [0.3, 0.4) is 0 Å². The van der Waals surface area contributed by atoms with Gasteiger partial charge < -0.3 is 15.6 Å². The molecule has 188 valence electrons. The van der Waals surface area contributed by atoms with Crippen LogP contribution in [-0.4, -0.2) is 16.8 Å². The highest BCUT2D eigenvalue weighted by molar-refractivity contribution is 7.71. The fourth-order valence-electron chi connectivity index (χ4n) is 4.30. The molecule has 5 nitrogen and oxygen atoms in total. The molecule has 0 spiro atoms. The van der Waals surface area contributed by atoms with Gasteiger partial charge in [-0.1, -0.05) is 23.8 Å². The Balaban J connectivity index is 1.70. The second-order valence-electron chi connectivity index (χ2n) is 8.25. The number of aromatic nitrogens is 1. The summed E-state index contributed by atoms with van der Waals surface area (Å²) in [6.45, 7) is 0. The van der Waals surface area contributed by atoms with Gasteiger partial charge in [0.1, 0.15) is 16.3 Å². The van der Waals surface area contributed by atoms with Crippen LogP contribution in [0.25, 0.3) is 10.9 Å². The molecule has 4 aromatic rings. The van der Waals surface area contributed by atoms with Crippen molar-refractivity contribution in [2.24, 2.45) is 0 Å². The predicted octanol–water partition coefficient (Wildman–Crippen LogP) is 6.93. The van der Waals surface area contributed by atoms with E-state index >= 15 is 0 Å². The lowest BCUT2D eigenvalue weighted by atomic mass is 9.93. The minimum absolute atomic E-state index is 0.00541. The highest BCUT2D eigenvalue weighted by atomic mass is 35.5. The third kappa shape index (κ3) is 4.56. The van der Waals surface area contributed by atoms with E-state index in [4.69, 9.17) is 23.8 Å². The third-order valence-electron chi connectivity index (χ3n) is 5.86. The van der Waals surface area contributed by atoms with Crippen molar-refractivity contribution in [3.63, 3.8) is 0 Å². The number of anilines is 1. The van der Waals surface area contributed by atoms with Crippen LogP contribution in [0.15, 0.2) is 54.6 Å². The quantitative estimate of drug-likeness (QED) is 0.192. The molecule has 0 fully saturated rings. The Morgan fingerprint density at radius 1 is 1.00 bits per heavy atom. The van der Waals surface area contributed by atoms with Crippen LogP contribution in [0.1, 0.15) is 43.4 Å². The Morgan fingerprint density at radius 2 is 1.76 bits per heavy atom. The van der Waals surface area contributed by atoms with Crippen molar-refractivity contribution in [1.82, 2.24) is 10.3 Å². The third-order valence-corrected chi connectivity index (χ3v) is 6.45. The standard InChI is InChI=1S/C25H13ClF5N3O2S/c26-16-3-1-12(27)8-15(16)22-21-18(9-17-14(2-4-19(37)32-17)20(21)24(36)34-22)33-23(35)10-5-11(25(29,30)31)7-13(28)6-10/h1-9,22H,(H,32,37)(H,33,35)(H,34,36). The number of carbonyl (C=O) groups is 2. The molecule has 0 radical (unpaired) electrons. The molecule has 0 bridgehead atoms. The molecule has 3 N–H and O–H groups in total. The fraction of sp³-hybridized carbons (Fsp3) is 0.0800. The van der Waals surface area contributed by atoms with Gasteiger partial charge in [0.2, 0.25) is 0 Å². The molecule has 0 saturated carbocycles. The number of pyridine rings is 1. The Bertz CT molecular complexity index is 1690. The minimum atomic E-state index is -4.88. The Kier molecular flexibility index (Phi) is 5.99. The topological polar surface area (TPSA) is 74.0 Å². The van der Waals surface area contributed by atoms with Crippen LogP contribution in [-0.2, 0) is 6.18 Å². The summed E-state index contributed by atoms with van der Waals surface area (Å²) in [5.41, 5.74) is -1.07. The molecule has 12 heteroatoms. The first-order chi connectivity index (χ1) is 17.4. The summed E-state index contributed by atoms with van der Waals surface area (Å²) < 4.78 is 67.9. The molecule has 1 aliphatic rings. The molecule has 0 saturated heterocycles. The van der Waals surface area contributed by atoms with Crippen molar-refractivity contribution in [2.75, 3.05) is 5.32 Å². The Labute approximate surface area is 215 Å². The number of halogens is 6. The van der Waals surface area contributed by atoms with Gasteiger partial charge in [0, 0.05) is 38.3 Å². The van der Waals surface area contributed by atoms with Crippen molar-refractivity contribution >= 4 is 52.2 Å². The zero-order chi connectivity index (χ0) is 26.6. The zero-order valence-electron chi connectivity index (χ0n) is 18.3. The molecule has 3 aromatic carbocycles. The molecule has 1 unspecified atom stereocenters. The molecule has 2 heterocycles. The number of rotatable bonds is 3. The number of H-pyrrole nitrogens is 1. The van der Waals surface area contributed by atoms with E-state index in [1.54, 1.807) is 12.1 Å². The number of amides is 2. The van der Waals surface area contributed by atoms with Crippen LogP contribution in [0.2, 0.25) is 5.02 Å². The lowest BCUT2D eigenvalue weighted by molar-refractivity contribution is -0.137. The molecular formula is C25H13ClF5N3O2S. The van der Waals surface area contributed by atoms with E-state index in [9.17, 15) is 31.5 Å². The molecule has 1 aromatic heterocycles. The summed E-state index contributed by atoms with van der Waals surface area (Å²) >= 11 is 11.4. The molecule has 0 aliphatic carbocycles. The first-order valence-electron chi connectivity index (χ1n) is 10.6. The van der Waals surface area contributed by atoms with Gasteiger partial charge in [-0.05, 0) is 54.6 Å². The van der Waals surface area contributed by atoms with E-state index < -0.39 is 46.8 Å². The van der Waals surface area contributed by atoms with Crippen LogP contribution in [0.5, 0.6) is 0 Å². The first-order valence-corrected chi connectivity index (χ1v) is 11.4. The maximum Gasteiger partial charge on any atom is 0.416 e. The van der Waals surface area contributed by atoms with Crippen molar-refractivity contribution in [3.05, 3.63) is 104 Å². The molecule has 1 atom stereocenters. The van der Waals surface area contributed by atoms with E-state index in [2.05, 4.69) is 15.6 Å². The fourth-order valence-corrected chi connectivity index (χ4v) is 4.70. The van der Waals surface area contributed by atoms with Gasteiger partial charge in [0.25, 0.3) is 11.8 Å². The van der Waals surface area contributed by atoms with Crippen molar-refractivity contribution in [1.29, 1.82) is 0 Å². The maximum atomic E-state index is 14.1. The van der Waals surface area contributed by atoms with Crippen LogP contribution in [0.4, 0.5) is 27.6 Å². The van der Waals surface area contributed by atoms with Gasteiger partial charge in [-0.2, -0.15) is 13.2 Å². The largest absolute Gasteiger partial charge is 0.416 e. The normalized spacial score (nSPS) is 15.0. The van der Waals surface area contributed by atoms with E-state index in [0.717, 1.165) is 12.1 Å². The zero-order valence-corrected chi connectivity index (χ0v) is 19.8. The summed E-state index contributed by atoms with van der Waals surface area (Å²) in [7, 11) is 0. The van der Waals surface area contributed by atoms with Crippen molar-refractivity contribution in [2.45, 2.75) is 12.2 Å². The number of carbonyl (C=O) groups excluding carboxylic acids is 2. The first kappa shape index (κ1) is 24.8. The molecular weight excluding hydrogens is 537 g/mol. The van der Waals surface area contributed by atoms with Gasteiger partial charge in [-0.3, -0.25) is 9.59 Å². The number of alkyl halides is 3. The van der Waals surface area contributed by atoms with Gasteiger partial charge in [-0.25, -0.2) is 8.78 Å². The van der Waals surface area contributed by atoms with Gasteiger partial charge in [0.15, 0.2) is 0 Å². The Hall–Kier alpha value is -3.83. The number of hydrogen-bond donors (Lipinski definition) is 3. The monoisotopic (exact) mass is 549 g/mol. The van der Waals surface area contributed by atoms with E-state index in [1.807, 2.05) is 0 Å². The molecule has 2 amide bonds. The average molecular weight is 550 g/mol. The Morgan fingerprint density at radius 3 is 2.49 bits per heavy atom. The van der Waals surface area contributed by atoms with E-state index in [1.165, 1.54) is 12.1 Å². The molecule has 5 rings (SSSR count). The molecule has 37 heavy (non-hydrogen) atoms. The van der Waals surface area contributed by atoms with Crippen LogP contribution in [0, 0.1) is 16.3 Å². The van der Waals surface area contributed by atoms with Gasteiger partial charge >= 0.3 is 6.18 Å². The number of benzene rings is 3. The minimum Gasteiger partial charge on any atom is -0.346 e. The molecule has 1 aliphatic heterocycles. The smallest absolute Gasteiger partial charge is 0.346 e. The van der Waals surface area contributed by atoms with Crippen molar-refractivity contribution < 1.29 is 31.5 Å². The van der Waals surface area contributed by atoms with Crippen LogP contribution < -0.4 is 10.6 Å². The predicted molar refractivity (Wildman–Crippen MR) is 129 cm³/mol. The number of aromatic amines is 1. The highest BCUT2D eigenvalue weighted by Gasteiger charge is 2.36. The summed E-state index contributed by atoms with van der Waals surface area (Å²) in [5.74, 6) is -3.51. The SMILES string of the molecule is O=C(Nc1cc2[nH]c(=S)ccc2c2c1C(c1cc(F)ccc1Cl)NC2=O)c1cc(F)cc(C(F)(F)F)c1. The lowest BCUT2D eigenvalue weighted by Gasteiger charge is -2.19. The number of hydrogen-bond acceptors (Lipinski definition) is 3.